The number of rotatable bonds is 2. The largest absolute Gasteiger partial charge is 0.264 e. The van der Waals surface area contributed by atoms with Gasteiger partial charge in [-0.2, -0.15) is 0 Å². The topological polar surface area (TPSA) is 0 Å². The molecule has 0 unspecified atom stereocenters. The first-order valence-corrected chi connectivity index (χ1v) is 4.36. The van der Waals surface area contributed by atoms with Gasteiger partial charge in [-0.15, -0.1) is 11.3 Å². The van der Waals surface area contributed by atoms with Crippen LogP contribution in [0.2, 0.25) is 0 Å². The van der Waals surface area contributed by atoms with Crippen molar-refractivity contribution in [2.75, 3.05) is 0 Å². The van der Waals surface area contributed by atoms with Gasteiger partial charge >= 0.3 is 0 Å². The molecule has 0 atom stereocenters. The third kappa shape index (κ3) is 1.77. The SMILES string of the molecule is CC(C)c1sccc1C(F)F. The molecule has 1 rings (SSSR count). The van der Waals surface area contributed by atoms with Gasteiger partial charge in [0, 0.05) is 10.4 Å². The molecule has 0 aliphatic rings. The Morgan fingerprint density at radius 3 is 2.36 bits per heavy atom. The average Bonchev–Trinajstić information content (AvgIpc) is 2.32. The fourth-order valence-corrected chi connectivity index (χ4v) is 1.91. The van der Waals surface area contributed by atoms with Crippen LogP contribution in [-0.4, -0.2) is 0 Å². The third-order valence-electron chi connectivity index (χ3n) is 1.49. The summed E-state index contributed by atoms with van der Waals surface area (Å²) in [7, 11) is 0. The molecule has 0 amide bonds. The van der Waals surface area contributed by atoms with E-state index in [1.54, 1.807) is 5.38 Å². The number of thiophene rings is 1. The van der Waals surface area contributed by atoms with E-state index in [2.05, 4.69) is 0 Å². The van der Waals surface area contributed by atoms with Crippen LogP contribution in [0.5, 0.6) is 0 Å². The van der Waals surface area contributed by atoms with Crippen LogP contribution < -0.4 is 0 Å². The second kappa shape index (κ2) is 3.30. The van der Waals surface area contributed by atoms with E-state index >= 15 is 0 Å². The fourth-order valence-electron chi connectivity index (χ4n) is 0.980. The second-order valence-electron chi connectivity index (χ2n) is 2.70. The van der Waals surface area contributed by atoms with Gasteiger partial charge in [0.05, 0.1) is 0 Å². The molecular formula is C8H10F2S. The zero-order chi connectivity index (χ0) is 8.43. The first-order chi connectivity index (χ1) is 5.13. The molecule has 0 N–H and O–H groups in total. The van der Waals surface area contributed by atoms with Crippen LogP contribution in [0.15, 0.2) is 11.4 Å². The van der Waals surface area contributed by atoms with Crippen LogP contribution >= 0.6 is 11.3 Å². The van der Waals surface area contributed by atoms with Crippen molar-refractivity contribution in [1.29, 1.82) is 0 Å². The average molecular weight is 176 g/mol. The normalized spacial score (nSPS) is 11.5. The maximum Gasteiger partial charge on any atom is 0.264 e. The van der Waals surface area contributed by atoms with Crippen molar-refractivity contribution in [2.24, 2.45) is 0 Å². The van der Waals surface area contributed by atoms with Crippen molar-refractivity contribution >= 4 is 11.3 Å². The molecule has 0 spiro atoms. The Bertz CT molecular complexity index is 205. The molecule has 1 aromatic rings. The lowest BCUT2D eigenvalue weighted by Gasteiger charge is -2.04. The summed E-state index contributed by atoms with van der Waals surface area (Å²) < 4.78 is 24.5. The van der Waals surface area contributed by atoms with Gasteiger partial charge < -0.3 is 0 Å². The van der Waals surface area contributed by atoms with Crippen LogP contribution in [0, 0.1) is 0 Å². The fraction of sp³-hybridized carbons (Fsp3) is 0.500. The maximum absolute atomic E-state index is 12.2. The van der Waals surface area contributed by atoms with E-state index in [1.807, 2.05) is 13.8 Å². The number of hydrogen-bond acceptors (Lipinski definition) is 1. The van der Waals surface area contributed by atoms with Gasteiger partial charge in [-0.3, -0.25) is 0 Å². The zero-order valence-electron chi connectivity index (χ0n) is 6.47. The van der Waals surface area contributed by atoms with Crippen LogP contribution in [0.25, 0.3) is 0 Å². The van der Waals surface area contributed by atoms with E-state index in [0.29, 0.717) is 0 Å². The van der Waals surface area contributed by atoms with E-state index in [1.165, 1.54) is 17.4 Å². The minimum atomic E-state index is -2.32. The molecule has 0 fully saturated rings. The van der Waals surface area contributed by atoms with Gasteiger partial charge in [0.1, 0.15) is 0 Å². The van der Waals surface area contributed by atoms with Crippen molar-refractivity contribution in [2.45, 2.75) is 26.2 Å². The molecule has 1 aromatic heterocycles. The van der Waals surface area contributed by atoms with Crippen molar-refractivity contribution in [3.05, 3.63) is 21.9 Å². The summed E-state index contributed by atoms with van der Waals surface area (Å²) in [6.07, 6.45) is -2.32. The second-order valence-corrected chi connectivity index (χ2v) is 3.64. The van der Waals surface area contributed by atoms with Crippen LogP contribution in [0.1, 0.15) is 36.6 Å². The molecule has 0 aliphatic heterocycles. The highest BCUT2D eigenvalue weighted by molar-refractivity contribution is 7.10. The quantitative estimate of drug-likeness (QED) is 0.642. The highest BCUT2D eigenvalue weighted by atomic mass is 32.1. The molecular weight excluding hydrogens is 166 g/mol. The van der Waals surface area contributed by atoms with Gasteiger partial charge in [-0.1, -0.05) is 13.8 Å². The van der Waals surface area contributed by atoms with E-state index in [-0.39, 0.29) is 11.5 Å². The Morgan fingerprint density at radius 1 is 1.36 bits per heavy atom. The summed E-state index contributed by atoms with van der Waals surface area (Å²) in [6, 6.07) is 1.50. The maximum atomic E-state index is 12.2. The summed E-state index contributed by atoms with van der Waals surface area (Å²) in [6.45, 7) is 3.86. The van der Waals surface area contributed by atoms with Gasteiger partial charge in [0.2, 0.25) is 0 Å². The summed E-state index contributed by atoms with van der Waals surface area (Å²) in [5.74, 6) is 0.207. The monoisotopic (exact) mass is 176 g/mol. The molecule has 0 radical (unpaired) electrons. The van der Waals surface area contributed by atoms with E-state index in [9.17, 15) is 8.78 Å². The first kappa shape index (κ1) is 8.65. The number of hydrogen-bond donors (Lipinski definition) is 0. The molecule has 0 saturated carbocycles. The van der Waals surface area contributed by atoms with Crippen LogP contribution in [-0.2, 0) is 0 Å². The van der Waals surface area contributed by atoms with Crippen molar-refractivity contribution in [1.82, 2.24) is 0 Å². The van der Waals surface area contributed by atoms with Crippen LogP contribution in [0.4, 0.5) is 8.78 Å². The predicted octanol–water partition coefficient (Wildman–Crippen LogP) is 3.81. The lowest BCUT2D eigenvalue weighted by molar-refractivity contribution is 0.150. The smallest absolute Gasteiger partial charge is 0.205 e. The molecule has 3 heteroatoms. The molecule has 1 heterocycles. The van der Waals surface area contributed by atoms with Gasteiger partial charge in [0.25, 0.3) is 6.43 Å². The number of alkyl halides is 2. The molecule has 0 nitrogen and oxygen atoms in total. The molecule has 62 valence electrons. The Hall–Kier alpha value is -0.440. The molecule has 0 aliphatic carbocycles. The lowest BCUT2D eigenvalue weighted by atomic mass is 10.1. The van der Waals surface area contributed by atoms with E-state index in [0.717, 1.165) is 4.88 Å². The van der Waals surface area contributed by atoms with Gasteiger partial charge in [-0.05, 0) is 17.4 Å². The van der Waals surface area contributed by atoms with Crippen LogP contribution in [0.3, 0.4) is 0 Å². The summed E-state index contributed by atoms with van der Waals surface area (Å²) in [5, 5.41) is 1.72. The Labute approximate surface area is 68.9 Å². The molecule has 0 saturated heterocycles. The highest BCUT2D eigenvalue weighted by Crippen LogP contribution is 2.32. The van der Waals surface area contributed by atoms with Crippen molar-refractivity contribution < 1.29 is 8.78 Å². The van der Waals surface area contributed by atoms with E-state index < -0.39 is 6.43 Å². The summed E-state index contributed by atoms with van der Waals surface area (Å²) >= 11 is 1.41. The Morgan fingerprint density at radius 2 is 2.00 bits per heavy atom. The van der Waals surface area contributed by atoms with Gasteiger partial charge in [0.15, 0.2) is 0 Å². The Kier molecular flexibility index (Phi) is 2.60. The molecule has 0 bridgehead atoms. The highest BCUT2D eigenvalue weighted by Gasteiger charge is 2.15. The number of halogens is 2. The lowest BCUT2D eigenvalue weighted by Crippen LogP contribution is -1.89. The van der Waals surface area contributed by atoms with Crippen molar-refractivity contribution in [3.8, 4) is 0 Å². The first-order valence-electron chi connectivity index (χ1n) is 3.48. The van der Waals surface area contributed by atoms with Gasteiger partial charge in [-0.25, -0.2) is 8.78 Å². The molecule has 0 aromatic carbocycles. The third-order valence-corrected chi connectivity index (χ3v) is 2.72. The minimum Gasteiger partial charge on any atom is -0.205 e. The van der Waals surface area contributed by atoms with E-state index in [4.69, 9.17) is 0 Å². The predicted molar refractivity (Wildman–Crippen MR) is 43.4 cm³/mol. The Balaban J connectivity index is 2.96. The summed E-state index contributed by atoms with van der Waals surface area (Å²) in [5.41, 5.74) is 0.199. The zero-order valence-corrected chi connectivity index (χ0v) is 7.29. The standard InChI is InChI=1S/C8H10F2S/c1-5(2)7-6(8(9)10)3-4-11-7/h3-5,8H,1-2H3. The van der Waals surface area contributed by atoms with Crippen molar-refractivity contribution in [3.63, 3.8) is 0 Å². The summed E-state index contributed by atoms with van der Waals surface area (Å²) in [4.78, 5) is 0.806. The molecule has 11 heavy (non-hydrogen) atoms. The minimum absolute atomic E-state index is 0.199.